The van der Waals surface area contributed by atoms with E-state index in [0.717, 1.165) is 30.6 Å². The number of fused-ring (bicyclic) bond motifs is 5. The highest BCUT2D eigenvalue weighted by atomic mass is 16.3. The highest BCUT2D eigenvalue weighted by Crippen LogP contribution is 2.65. The lowest BCUT2D eigenvalue weighted by molar-refractivity contribution is -0.137. The molecule has 1 N–H and O–H groups in total. The van der Waals surface area contributed by atoms with Gasteiger partial charge in [-0.05, 0) is 105 Å². The van der Waals surface area contributed by atoms with Crippen molar-refractivity contribution in [2.24, 2.45) is 46.8 Å². The second-order valence-corrected chi connectivity index (χ2v) is 11.5. The van der Waals surface area contributed by atoms with Crippen LogP contribution in [-0.4, -0.2) is 26.3 Å². The topological polar surface area (TPSA) is 55.1 Å². The van der Waals surface area contributed by atoms with Crippen molar-refractivity contribution < 1.29 is 9.90 Å². The van der Waals surface area contributed by atoms with E-state index < -0.39 is 5.60 Å². The average molecular weight is 399 g/mol. The van der Waals surface area contributed by atoms with Crippen LogP contribution in [-0.2, 0) is 11.3 Å². The first-order valence-corrected chi connectivity index (χ1v) is 12.0. The van der Waals surface area contributed by atoms with Gasteiger partial charge < -0.3 is 5.11 Å². The van der Waals surface area contributed by atoms with Gasteiger partial charge in [0.15, 0.2) is 5.78 Å². The number of carbonyl (C=O) groups excluding carboxylic acids is 1. The first-order valence-electron chi connectivity index (χ1n) is 12.0. The lowest BCUT2D eigenvalue weighted by atomic mass is 9.48. The summed E-state index contributed by atoms with van der Waals surface area (Å²) >= 11 is 0. The Morgan fingerprint density at radius 3 is 2.72 bits per heavy atom. The summed E-state index contributed by atoms with van der Waals surface area (Å²) < 4.78 is 1.80. The maximum Gasteiger partial charge on any atom is 0.157 e. The molecule has 1 aromatic rings. The molecule has 0 radical (unpaired) electrons. The van der Waals surface area contributed by atoms with Gasteiger partial charge in [-0.25, -0.2) is 0 Å². The lowest BCUT2D eigenvalue weighted by Gasteiger charge is -2.58. The number of Topliss-reactive ketones (excluding diaryl/α,β-unsaturated/α-hetero) is 1. The van der Waals surface area contributed by atoms with Gasteiger partial charge >= 0.3 is 0 Å². The first kappa shape index (κ1) is 19.8. The number of aromatic nitrogens is 2. The van der Waals surface area contributed by atoms with Crippen molar-refractivity contribution >= 4 is 5.78 Å². The summed E-state index contributed by atoms with van der Waals surface area (Å²) in [4.78, 5) is 13.2. The molecule has 5 rings (SSSR count). The summed E-state index contributed by atoms with van der Waals surface area (Å²) in [5.74, 6) is 4.86. The zero-order valence-electron chi connectivity index (χ0n) is 18.4. The standard InChI is InChI=1S/C25H38N2O2/c1-16-13-20-17(14-25(16,3)29)5-6-19-18(20)9-10-24(2)21(19)7-8-22(24)23(28)15-27-12-4-11-26-27/h4,11-12,16-22,29H,5-10,13-15H2,1-3H3/t16-,17-,18+,19-,20+,21+,22-,24+,25+/m1/s1. The fraction of sp³-hybridized carbons (Fsp3) is 0.840. The van der Waals surface area contributed by atoms with Crippen LogP contribution in [0.25, 0.3) is 0 Å². The number of hydrogen-bond acceptors (Lipinski definition) is 3. The predicted molar refractivity (Wildman–Crippen MR) is 113 cm³/mol. The van der Waals surface area contributed by atoms with Gasteiger partial charge in [-0.1, -0.05) is 13.8 Å². The van der Waals surface area contributed by atoms with Crippen LogP contribution in [0.15, 0.2) is 18.5 Å². The minimum atomic E-state index is -0.478. The number of rotatable bonds is 3. The molecule has 4 saturated carbocycles. The molecule has 4 nitrogen and oxygen atoms in total. The Morgan fingerprint density at radius 2 is 1.97 bits per heavy atom. The van der Waals surface area contributed by atoms with Gasteiger partial charge in [0, 0.05) is 18.3 Å². The molecule has 0 spiro atoms. The summed E-state index contributed by atoms with van der Waals surface area (Å²) in [6.07, 6.45) is 13.3. The third-order valence-electron chi connectivity index (χ3n) is 10.1. The van der Waals surface area contributed by atoms with Crippen LogP contribution < -0.4 is 0 Å². The van der Waals surface area contributed by atoms with Gasteiger partial charge in [0.2, 0.25) is 0 Å². The molecule has 0 saturated heterocycles. The number of aliphatic hydroxyl groups is 1. The SMILES string of the molecule is C[C@@H]1C[C@H]2[C@H](CC[C@@H]3[C@@H]2CC[C@]2(C)[C@@H](C(=O)Cn4cccn4)CC[C@@H]32)C[C@]1(C)O. The average Bonchev–Trinajstić information content (AvgIpc) is 3.29. The number of nitrogens with zero attached hydrogens (tertiary/aromatic N) is 2. The van der Waals surface area contributed by atoms with Gasteiger partial charge in [0.05, 0.1) is 12.1 Å². The van der Waals surface area contributed by atoms with Crippen LogP contribution in [0.4, 0.5) is 0 Å². The molecule has 4 heteroatoms. The van der Waals surface area contributed by atoms with Crippen molar-refractivity contribution in [1.82, 2.24) is 9.78 Å². The molecular weight excluding hydrogens is 360 g/mol. The van der Waals surface area contributed by atoms with Gasteiger partial charge in [-0.15, -0.1) is 0 Å². The lowest BCUT2D eigenvalue weighted by Crippen LogP contribution is -2.53. The second kappa shape index (κ2) is 6.93. The van der Waals surface area contributed by atoms with E-state index in [1.165, 1.54) is 38.5 Å². The summed E-state index contributed by atoms with van der Waals surface area (Å²) in [5, 5.41) is 15.1. The van der Waals surface area contributed by atoms with Gasteiger partial charge in [0.25, 0.3) is 0 Å². The van der Waals surface area contributed by atoms with E-state index in [0.29, 0.717) is 30.1 Å². The largest absolute Gasteiger partial charge is 0.390 e. The number of ketones is 1. The molecule has 0 aromatic carbocycles. The summed E-state index contributed by atoms with van der Waals surface area (Å²) in [6.45, 7) is 7.19. The predicted octanol–water partition coefficient (Wildman–Crippen LogP) is 4.72. The van der Waals surface area contributed by atoms with Crippen molar-refractivity contribution in [1.29, 1.82) is 0 Å². The first-order chi connectivity index (χ1) is 13.8. The highest BCUT2D eigenvalue weighted by Gasteiger charge is 2.59. The fourth-order valence-electron chi connectivity index (χ4n) is 8.44. The third-order valence-corrected chi connectivity index (χ3v) is 10.1. The molecule has 9 atom stereocenters. The maximum absolute atomic E-state index is 13.2. The number of carbonyl (C=O) groups is 1. The van der Waals surface area contributed by atoms with E-state index in [9.17, 15) is 9.90 Å². The summed E-state index contributed by atoms with van der Waals surface area (Å²) in [7, 11) is 0. The molecule has 0 unspecified atom stereocenters. The quantitative estimate of drug-likeness (QED) is 0.802. The Labute approximate surface area is 175 Å². The van der Waals surface area contributed by atoms with Crippen molar-refractivity contribution in [3.05, 3.63) is 18.5 Å². The molecule has 1 heterocycles. The fourth-order valence-corrected chi connectivity index (χ4v) is 8.44. The highest BCUT2D eigenvalue weighted by molar-refractivity contribution is 5.82. The molecule has 0 amide bonds. The molecule has 4 aliphatic carbocycles. The van der Waals surface area contributed by atoms with Gasteiger partial charge in [-0.3, -0.25) is 9.48 Å². The smallest absolute Gasteiger partial charge is 0.157 e. The van der Waals surface area contributed by atoms with Crippen LogP contribution in [0, 0.1) is 46.8 Å². The van der Waals surface area contributed by atoms with Crippen molar-refractivity contribution in [2.45, 2.75) is 84.3 Å². The van der Waals surface area contributed by atoms with E-state index in [2.05, 4.69) is 25.9 Å². The van der Waals surface area contributed by atoms with Crippen LogP contribution in [0.3, 0.4) is 0 Å². The zero-order valence-corrected chi connectivity index (χ0v) is 18.4. The van der Waals surface area contributed by atoms with E-state index >= 15 is 0 Å². The Bertz CT molecular complexity index is 757. The van der Waals surface area contributed by atoms with Gasteiger partial charge in [-0.2, -0.15) is 5.10 Å². The monoisotopic (exact) mass is 398 g/mol. The van der Waals surface area contributed by atoms with E-state index in [4.69, 9.17) is 0 Å². The second-order valence-electron chi connectivity index (χ2n) is 11.5. The van der Waals surface area contributed by atoms with Crippen molar-refractivity contribution in [2.75, 3.05) is 0 Å². The third kappa shape index (κ3) is 3.12. The Hall–Kier alpha value is -1.16. The van der Waals surface area contributed by atoms with Crippen molar-refractivity contribution in [3.63, 3.8) is 0 Å². The van der Waals surface area contributed by atoms with Crippen LogP contribution in [0.1, 0.15) is 72.1 Å². The Balaban J connectivity index is 1.33. The Morgan fingerprint density at radius 1 is 1.14 bits per heavy atom. The molecule has 1 aromatic heterocycles. The zero-order chi connectivity index (χ0) is 20.4. The molecule has 160 valence electrons. The van der Waals surface area contributed by atoms with Gasteiger partial charge in [0.1, 0.15) is 0 Å². The summed E-state index contributed by atoms with van der Waals surface area (Å²) in [5.41, 5.74) is -0.293. The van der Waals surface area contributed by atoms with Crippen LogP contribution >= 0.6 is 0 Å². The van der Waals surface area contributed by atoms with Crippen LogP contribution in [0.2, 0.25) is 0 Å². The van der Waals surface area contributed by atoms with E-state index in [-0.39, 0.29) is 11.3 Å². The molecule has 0 bridgehead atoms. The molecular formula is C25H38N2O2. The minimum absolute atomic E-state index is 0.185. The Kier molecular flexibility index (Phi) is 4.73. The van der Waals surface area contributed by atoms with E-state index in [1.807, 2.05) is 12.3 Å². The minimum Gasteiger partial charge on any atom is -0.390 e. The van der Waals surface area contributed by atoms with Crippen molar-refractivity contribution in [3.8, 4) is 0 Å². The summed E-state index contributed by atoms with van der Waals surface area (Å²) in [6, 6.07) is 1.90. The maximum atomic E-state index is 13.2. The molecule has 4 aliphatic rings. The molecule has 0 aliphatic heterocycles. The van der Waals surface area contributed by atoms with Crippen LogP contribution in [0.5, 0.6) is 0 Å². The normalized spacial score (nSPS) is 49.2. The molecule has 29 heavy (non-hydrogen) atoms. The molecule has 4 fully saturated rings. The number of hydrogen-bond donors (Lipinski definition) is 1. The van der Waals surface area contributed by atoms with E-state index in [1.54, 1.807) is 10.9 Å².